The van der Waals surface area contributed by atoms with Crippen LogP contribution in [0.4, 0.5) is 0 Å². The van der Waals surface area contributed by atoms with Crippen LogP contribution in [0.5, 0.6) is 0 Å². The smallest absolute Gasteiger partial charge is 0.1000 e. The average molecular weight is 241 g/mol. The minimum absolute atomic E-state index is 0.537. The topological polar surface area (TPSA) is 33.1 Å². The van der Waals surface area contributed by atoms with Crippen LogP contribution in [0.15, 0.2) is 36.4 Å². The van der Waals surface area contributed by atoms with Crippen LogP contribution in [0.3, 0.4) is 0 Å². The molecule has 2 heteroatoms. The molecule has 1 N–H and O–H groups in total. The van der Waals surface area contributed by atoms with E-state index in [0.717, 1.165) is 11.4 Å². The Bertz CT molecular complexity index is 528. The van der Waals surface area contributed by atoms with Gasteiger partial charge < -0.3 is 5.11 Å². The molecule has 94 valence electrons. The Hall–Kier alpha value is -1.67. The predicted molar refractivity (Wildman–Crippen MR) is 73.6 cm³/mol. The standard InChI is InChI=1S/C16H19NO/c1-11-6-4-7-12(2)14(11)10-16(18)15-9-5-8-13(3)17-15/h4-9,16,18H,10H2,1-3H3. The van der Waals surface area contributed by atoms with Crippen molar-refractivity contribution in [3.63, 3.8) is 0 Å². The number of pyridine rings is 1. The quantitative estimate of drug-likeness (QED) is 0.894. The van der Waals surface area contributed by atoms with Gasteiger partial charge in [0.1, 0.15) is 0 Å². The molecule has 1 aromatic carbocycles. The Morgan fingerprint density at radius 3 is 2.22 bits per heavy atom. The largest absolute Gasteiger partial charge is 0.386 e. The number of rotatable bonds is 3. The fourth-order valence-electron chi connectivity index (χ4n) is 2.22. The van der Waals surface area contributed by atoms with E-state index >= 15 is 0 Å². The zero-order chi connectivity index (χ0) is 13.1. The maximum atomic E-state index is 10.3. The summed E-state index contributed by atoms with van der Waals surface area (Å²) in [6.45, 7) is 6.10. The molecule has 0 bridgehead atoms. The fourth-order valence-corrected chi connectivity index (χ4v) is 2.22. The van der Waals surface area contributed by atoms with Gasteiger partial charge in [0.05, 0.1) is 11.8 Å². The SMILES string of the molecule is Cc1cccc(C(O)Cc2c(C)cccc2C)n1. The Morgan fingerprint density at radius 1 is 1.00 bits per heavy atom. The summed E-state index contributed by atoms with van der Waals surface area (Å²) in [4.78, 5) is 4.38. The molecule has 2 rings (SSSR count). The van der Waals surface area contributed by atoms with Crippen LogP contribution in [0.2, 0.25) is 0 Å². The maximum Gasteiger partial charge on any atom is 0.1000 e. The van der Waals surface area contributed by atoms with E-state index in [1.54, 1.807) is 0 Å². The Labute approximate surface area is 108 Å². The van der Waals surface area contributed by atoms with Gasteiger partial charge in [-0.1, -0.05) is 24.3 Å². The highest BCUT2D eigenvalue weighted by atomic mass is 16.3. The van der Waals surface area contributed by atoms with Gasteiger partial charge in [-0.3, -0.25) is 4.98 Å². The second-order valence-electron chi connectivity index (χ2n) is 4.79. The molecule has 0 aliphatic carbocycles. The van der Waals surface area contributed by atoms with Crippen LogP contribution in [0.25, 0.3) is 0 Å². The van der Waals surface area contributed by atoms with Gasteiger partial charge >= 0.3 is 0 Å². The summed E-state index contributed by atoms with van der Waals surface area (Å²) in [6, 6.07) is 12.0. The van der Waals surface area contributed by atoms with Crippen LogP contribution in [0, 0.1) is 20.8 Å². The molecule has 1 heterocycles. The van der Waals surface area contributed by atoms with E-state index in [1.807, 2.05) is 31.2 Å². The van der Waals surface area contributed by atoms with Gasteiger partial charge in [-0.05, 0) is 49.6 Å². The molecule has 0 aliphatic rings. The van der Waals surface area contributed by atoms with Crippen molar-refractivity contribution in [2.45, 2.75) is 33.3 Å². The molecule has 1 atom stereocenters. The fraction of sp³-hybridized carbons (Fsp3) is 0.312. The molecule has 0 fully saturated rings. The molecule has 0 radical (unpaired) electrons. The second kappa shape index (κ2) is 5.32. The molecule has 1 unspecified atom stereocenters. The molecule has 0 saturated carbocycles. The molecule has 18 heavy (non-hydrogen) atoms. The maximum absolute atomic E-state index is 10.3. The lowest BCUT2D eigenvalue weighted by Gasteiger charge is -2.14. The number of aliphatic hydroxyl groups is 1. The van der Waals surface area contributed by atoms with E-state index in [9.17, 15) is 5.11 Å². The van der Waals surface area contributed by atoms with Gasteiger partial charge in [0.2, 0.25) is 0 Å². The highest BCUT2D eigenvalue weighted by Crippen LogP contribution is 2.21. The molecular formula is C16H19NO. The second-order valence-corrected chi connectivity index (χ2v) is 4.79. The van der Waals surface area contributed by atoms with E-state index in [-0.39, 0.29) is 0 Å². The number of aryl methyl sites for hydroxylation is 3. The first-order chi connectivity index (χ1) is 8.58. The van der Waals surface area contributed by atoms with Crippen molar-refractivity contribution in [3.8, 4) is 0 Å². The summed E-state index contributed by atoms with van der Waals surface area (Å²) < 4.78 is 0. The monoisotopic (exact) mass is 241 g/mol. The summed E-state index contributed by atoms with van der Waals surface area (Å²) in [5.74, 6) is 0. The molecule has 0 amide bonds. The Morgan fingerprint density at radius 2 is 1.61 bits per heavy atom. The molecule has 1 aromatic heterocycles. The predicted octanol–water partition coefficient (Wildman–Crippen LogP) is 3.28. The number of nitrogens with zero attached hydrogens (tertiary/aromatic N) is 1. The van der Waals surface area contributed by atoms with E-state index in [1.165, 1.54) is 16.7 Å². The van der Waals surface area contributed by atoms with Crippen LogP contribution >= 0.6 is 0 Å². The van der Waals surface area contributed by atoms with E-state index in [4.69, 9.17) is 0 Å². The lowest BCUT2D eigenvalue weighted by Crippen LogP contribution is -2.07. The third-order valence-electron chi connectivity index (χ3n) is 3.29. The molecule has 0 spiro atoms. The van der Waals surface area contributed by atoms with Crippen molar-refractivity contribution in [2.75, 3.05) is 0 Å². The summed E-state index contributed by atoms with van der Waals surface area (Å²) in [6.07, 6.45) is 0.0827. The van der Waals surface area contributed by atoms with Gasteiger partial charge in [0.15, 0.2) is 0 Å². The van der Waals surface area contributed by atoms with Gasteiger partial charge in [-0.25, -0.2) is 0 Å². The molecule has 2 aromatic rings. The van der Waals surface area contributed by atoms with Gasteiger partial charge in [-0.2, -0.15) is 0 Å². The summed E-state index contributed by atoms with van der Waals surface area (Å²) in [7, 11) is 0. The van der Waals surface area contributed by atoms with Crippen molar-refractivity contribution in [1.82, 2.24) is 4.98 Å². The highest BCUT2D eigenvalue weighted by Gasteiger charge is 2.13. The Kier molecular flexibility index (Phi) is 3.78. The summed E-state index contributed by atoms with van der Waals surface area (Å²) in [5, 5.41) is 10.3. The molecule has 0 aliphatic heterocycles. The van der Waals surface area contributed by atoms with E-state index < -0.39 is 6.10 Å². The van der Waals surface area contributed by atoms with Crippen LogP contribution < -0.4 is 0 Å². The van der Waals surface area contributed by atoms with E-state index in [0.29, 0.717) is 6.42 Å². The average Bonchev–Trinajstić information content (AvgIpc) is 2.34. The number of hydrogen-bond acceptors (Lipinski definition) is 2. The number of benzene rings is 1. The lowest BCUT2D eigenvalue weighted by molar-refractivity contribution is 0.173. The van der Waals surface area contributed by atoms with Crippen molar-refractivity contribution in [2.24, 2.45) is 0 Å². The summed E-state index contributed by atoms with van der Waals surface area (Å²) >= 11 is 0. The highest BCUT2D eigenvalue weighted by molar-refractivity contribution is 5.34. The third-order valence-corrected chi connectivity index (χ3v) is 3.29. The molecule has 2 nitrogen and oxygen atoms in total. The minimum atomic E-state index is -0.537. The van der Waals surface area contributed by atoms with Crippen LogP contribution in [-0.4, -0.2) is 10.1 Å². The first-order valence-electron chi connectivity index (χ1n) is 6.24. The zero-order valence-electron chi connectivity index (χ0n) is 11.1. The van der Waals surface area contributed by atoms with Crippen molar-refractivity contribution < 1.29 is 5.11 Å². The number of aliphatic hydroxyl groups excluding tert-OH is 1. The van der Waals surface area contributed by atoms with Crippen molar-refractivity contribution in [3.05, 3.63) is 64.5 Å². The molecule has 0 saturated heterocycles. The molecular weight excluding hydrogens is 222 g/mol. The Balaban J connectivity index is 2.24. The minimum Gasteiger partial charge on any atom is -0.386 e. The van der Waals surface area contributed by atoms with Crippen LogP contribution in [-0.2, 0) is 6.42 Å². The number of hydrogen-bond donors (Lipinski definition) is 1. The third kappa shape index (κ3) is 2.77. The van der Waals surface area contributed by atoms with E-state index in [2.05, 4.69) is 31.0 Å². The van der Waals surface area contributed by atoms with Gasteiger partial charge in [0, 0.05) is 12.1 Å². The van der Waals surface area contributed by atoms with Crippen LogP contribution in [0.1, 0.15) is 34.2 Å². The first kappa shape index (κ1) is 12.8. The van der Waals surface area contributed by atoms with Gasteiger partial charge in [0.25, 0.3) is 0 Å². The first-order valence-corrected chi connectivity index (χ1v) is 6.24. The normalized spacial score (nSPS) is 12.4. The van der Waals surface area contributed by atoms with Crippen molar-refractivity contribution in [1.29, 1.82) is 0 Å². The zero-order valence-corrected chi connectivity index (χ0v) is 11.1. The van der Waals surface area contributed by atoms with Gasteiger partial charge in [-0.15, -0.1) is 0 Å². The van der Waals surface area contributed by atoms with Crippen molar-refractivity contribution >= 4 is 0 Å². The summed E-state index contributed by atoms with van der Waals surface area (Å²) in [5.41, 5.74) is 5.35. The lowest BCUT2D eigenvalue weighted by atomic mass is 9.96. The number of aromatic nitrogens is 1.